The number of cyclic esters (lactones) is 1. The minimum absolute atomic E-state index is 0.158. The van der Waals surface area contributed by atoms with Crippen molar-refractivity contribution < 1.29 is 29.6 Å². The molecule has 0 saturated heterocycles. The SMILES string of the molecule is C/C1=C/[C@@H](C)[C@@H](c2cc(O)cc(O)c2)OC(=O)[C@H](C)[C@H](O)[C@H](C)C1=O. The Kier molecular flexibility index (Phi) is 5.52. The van der Waals surface area contributed by atoms with Gasteiger partial charge in [0.1, 0.15) is 17.6 Å². The molecule has 6 nitrogen and oxygen atoms in total. The molecule has 2 rings (SSSR count). The van der Waals surface area contributed by atoms with Crippen molar-refractivity contribution in [2.24, 2.45) is 17.8 Å². The highest BCUT2D eigenvalue weighted by Crippen LogP contribution is 2.35. The van der Waals surface area contributed by atoms with Crippen LogP contribution in [0.3, 0.4) is 0 Å². The Labute approximate surface area is 146 Å². The Morgan fingerprint density at radius 3 is 2.08 bits per heavy atom. The van der Waals surface area contributed by atoms with Crippen LogP contribution in [0.2, 0.25) is 0 Å². The Bertz CT molecular complexity index is 688. The van der Waals surface area contributed by atoms with Gasteiger partial charge >= 0.3 is 5.97 Å². The number of esters is 1. The molecule has 0 radical (unpaired) electrons. The Morgan fingerprint density at radius 1 is 0.960 bits per heavy atom. The van der Waals surface area contributed by atoms with Crippen molar-refractivity contribution in [2.45, 2.75) is 39.9 Å². The van der Waals surface area contributed by atoms with Crippen LogP contribution in [0.5, 0.6) is 11.5 Å². The number of carbonyl (C=O) groups excluding carboxylic acids is 2. The Morgan fingerprint density at radius 2 is 1.52 bits per heavy atom. The van der Waals surface area contributed by atoms with Gasteiger partial charge in [-0.25, -0.2) is 0 Å². The largest absolute Gasteiger partial charge is 0.508 e. The summed E-state index contributed by atoms with van der Waals surface area (Å²) >= 11 is 0. The Hall–Kier alpha value is -2.34. The molecule has 1 aliphatic rings. The molecule has 0 bridgehead atoms. The van der Waals surface area contributed by atoms with E-state index in [1.54, 1.807) is 26.8 Å². The maximum absolute atomic E-state index is 12.5. The molecule has 0 spiro atoms. The lowest BCUT2D eigenvalue weighted by Gasteiger charge is -2.30. The molecule has 25 heavy (non-hydrogen) atoms. The molecule has 1 aromatic rings. The number of Topliss-reactive ketones (excluding diaryl/α,β-unsaturated/α-hetero) is 1. The van der Waals surface area contributed by atoms with Crippen LogP contribution in [0.1, 0.15) is 39.4 Å². The number of rotatable bonds is 1. The van der Waals surface area contributed by atoms with Gasteiger partial charge in [0.05, 0.1) is 12.0 Å². The second-order valence-corrected chi connectivity index (χ2v) is 6.78. The predicted molar refractivity (Wildman–Crippen MR) is 90.9 cm³/mol. The lowest BCUT2D eigenvalue weighted by Crippen LogP contribution is -2.38. The molecule has 6 heteroatoms. The third-order valence-corrected chi connectivity index (χ3v) is 4.69. The van der Waals surface area contributed by atoms with Crippen molar-refractivity contribution in [2.75, 3.05) is 0 Å². The van der Waals surface area contributed by atoms with Crippen LogP contribution in [0.15, 0.2) is 29.8 Å². The summed E-state index contributed by atoms with van der Waals surface area (Å²) < 4.78 is 5.57. The summed E-state index contributed by atoms with van der Waals surface area (Å²) in [5, 5.41) is 29.7. The molecule has 5 atom stereocenters. The van der Waals surface area contributed by atoms with Crippen LogP contribution < -0.4 is 0 Å². The maximum atomic E-state index is 12.5. The molecule has 0 unspecified atom stereocenters. The molecule has 0 aromatic heterocycles. The van der Waals surface area contributed by atoms with Crippen LogP contribution in [0.25, 0.3) is 0 Å². The second-order valence-electron chi connectivity index (χ2n) is 6.78. The van der Waals surface area contributed by atoms with Gasteiger partial charge in [0.2, 0.25) is 0 Å². The van der Waals surface area contributed by atoms with Gasteiger partial charge in [-0.05, 0) is 31.6 Å². The third-order valence-electron chi connectivity index (χ3n) is 4.69. The molecule has 1 heterocycles. The maximum Gasteiger partial charge on any atom is 0.311 e. The number of hydrogen-bond acceptors (Lipinski definition) is 6. The van der Waals surface area contributed by atoms with E-state index in [4.69, 9.17) is 4.74 Å². The number of phenols is 2. The van der Waals surface area contributed by atoms with Gasteiger partial charge in [-0.3, -0.25) is 9.59 Å². The molecular formula is C19H24O6. The first-order valence-corrected chi connectivity index (χ1v) is 8.26. The zero-order chi connectivity index (χ0) is 18.9. The molecule has 136 valence electrons. The fourth-order valence-corrected chi connectivity index (χ4v) is 3.14. The second kappa shape index (κ2) is 7.27. The van der Waals surface area contributed by atoms with Crippen molar-refractivity contribution in [3.05, 3.63) is 35.4 Å². The zero-order valence-corrected chi connectivity index (χ0v) is 14.8. The summed E-state index contributed by atoms with van der Waals surface area (Å²) in [6.07, 6.45) is -0.285. The molecule has 1 aliphatic heterocycles. The van der Waals surface area contributed by atoms with E-state index in [2.05, 4.69) is 0 Å². The summed E-state index contributed by atoms with van der Waals surface area (Å²) in [4.78, 5) is 24.9. The normalized spacial score (nSPS) is 33.3. The fraction of sp³-hybridized carbons (Fsp3) is 0.474. The topological polar surface area (TPSA) is 104 Å². The number of ketones is 1. The van der Waals surface area contributed by atoms with E-state index in [1.807, 2.05) is 0 Å². The van der Waals surface area contributed by atoms with Gasteiger partial charge in [0.25, 0.3) is 0 Å². The van der Waals surface area contributed by atoms with E-state index in [0.29, 0.717) is 11.1 Å². The molecule has 0 amide bonds. The van der Waals surface area contributed by atoms with Crippen molar-refractivity contribution >= 4 is 11.8 Å². The minimum Gasteiger partial charge on any atom is -0.508 e. The van der Waals surface area contributed by atoms with Crippen LogP contribution >= 0.6 is 0 Å². The van der Waals surface area contributed by atoms with E-state index < -0.39 is 30.0 Å². The number of carbonyl (C=O) groups is 2. The first-order chi connectivity index (χ1) is 11.6. The van der Waals surface area contributed by atoms with Crippen molar-refractivity contribution in [1.29, 1.82) is 0 Å². The number of allylic oxidation sites excluding steroid dienone is 1. The van der Waals surface area contributed by atoms with E-state index in [1.165, 1.54) is 25.1 Å². The highest BCUT2D eigenvalue weighted by atomic mass is 16.5. The molecule has 3 N–H and O–H groups in total. The number of hydrogen-bond donors (Lipinski definition) is 3. The van der Waals surface area contributed by atoms with E-state index in [-0.39, 0.29) is 23.2 Å². The molecule has 0 saturated carbocycles. The number of benzene rings is 1. The molecule has 1 aromatic carbocycles. The van der Waals surface area contributed by atoms with Crippen LogP contribution in [0.4, 0.5) is 0 Å². The number of aliphatic hydroxyl groups is 1. The van der Waals surface area contributed by atoms with Gasteiger partial charge < -0.3 is 20.1 Å². The monoisotopic (exact) mass is 348 g/mol. The summed E-state index contributed by atoms with van der Waals surface area (Å²) in [5.74, 6) is -3.15. The van der Waals surface area contributed by atoms with Gasteiger partial charge in [-0.1, -0.05) is 19.9 Å². The van der Waals surface area contributed by atoms with E-state index in [0.717, 1.165) is 0 Å². The van der Waals surface area contributed by atoms with E-state index >= 15 is 0 Å². The van der Waals surface area contributed by atoms with E-state index in [9.17, 15) is 24.9 Å². The number of ether oxygens (including phenoxy) is 1. The third kappa shape index (κ3) is 4.02. The number of aromatic hydroxyl groups is 2. The van der Waals surface area contributed by atoms with Crippen molar-refractivity contribution in [3.63, 3.8) is 0 Å². The van der Waals surface area contributed by atoms with Crippen LogP contribution in [-0.2, 0) is 14.3 Å². The predicted octanol–water partition coefficient (Wildman–Crippen LogP) is 2.48. The first kappa shape index (κ1) is 19.0. The lowest BCUT2D eigenvalue weighted by atomic mass is 9.85. The highest BCUT2D eigenvalue weighted by Gasteiger charge is 2.36. The minimum atomic E-state index is -1.16. The van der Waals surface area contributed by atoms with Crippen LogP contribution in [0, 0.1) is 17.8 Å². The zero-order valence-electron chi connectivity index (χ0n) is 14.8. The van der Waals surface area contributed by atoms with Crippen molar-refractivity contribution in [1.82, 2.24) is 0 Å². The smallest absolute Gasteiger partial charge is 0.311 e. The standard InChI is InChI=1S/C19H24O6/c1-9-5-10(2)18(13-6-14(20)8-15(21)7-13)25-19(24)12(4)17(23)11(3)16(9)22/h5-8,10-12,17-18,20-21,23H,1-4H3/b9-5-/t10-,11-,12-,17-,18+/m1/s1. The average molecular weight is 348 g/mol. The molecular weight excluding hydrogens is 324 g/mol. The quantitative estimate of drug-likeness (QED) is 0.674. The summed E-state index contributed by atoms with van der Waals surface area (Å²) in [6.45, 7) is 6.54. The summed E-state index contributed by atoms with van der Waals surface area (Å²) in [6, 6.07) is 3.97. The van der Waals surface area contributed by atoms with Gasteiger partial charge in [-0.2, -0.15) is 0 Å². The van der Waals surface area contributed by atoms with Gasteiger partial charge in [0, 0.05) is 23.5 Å². The highest BCUT2D eigenvalue weighted by molar-refractivity contribution is 5.97. The van der Waals surface area contributed by atoms with Gasteiger partial charge in [0.15, 0.2) is 5.78 Å². The molecule has 0 aliphatic carbocycles. The van der Waals surface area contributed by atoms with Crippen molar-refractivity contribution in [3.8, 4) is 11.5 Å². The lowest BCUT2D eigenvalue weighted by molar-refractivity contribution is -0.161. The summed E-state index contributed by atoms with van der Waals surface area (Å²) in [5.41, 5.74) is 0.878. The van der Waals surface area contributed by atoms with Crippen LogP contribution in [-0.4, -0.2) is 33.2 Å². The Balaban J connectivity index is 2.52. The average Bonchev–Trinajstić information content (AvgIpc) is 2.54. The van der Waals surface area contributed by atoms with Gasteiger partial charge in [-0.15, -0.1) is 0 Å². The fourth-order valence-electron chi connectivity index (χ4n) is 3.14. The first-order valence-electron chi connectivity index (χ1n) is 8.26. The number of phenolic OH excluding ortho intramolecular Hbond substituents is 2. The number of aliphatic hydroxyl groups excluding tert-OH is 1. The summed E-state index contributed by atoms with van der Waals surface area (Å²) in [7, 11) is 0. The molecule has 0 fully saturated rings.